The van der Waals surface area contributed by atoms with E-state index in [0.717, 1.165) is 29.9 Å². The molecule has 0 aromatic heterocycles. The average Bonchev–Trinajstić information content (AvgIpc) is 3.16. The Bertz CT molecular complexity index is 355. The van der Waals surface area contributed by atoms with E-state index < -0.39 is 0 Å². The molecule has 1 fully saturated rings. The first kappa shape index (κ1) is 12.5. The highest BCUT2D eigenvalue weighted by atomic mass is 16.3. The molecule has 1 aliphatic rings. The Morgan fingerprint density at radius 1 is 1.18 bits per heavy atom. The molecule has 17 heavy (non-hydrogen) atoms. The largest absolute Gasteiger partial charge is 0.507 e. The molecule has 1 aromatic rings. The van der Waals surface area contributed by atoms with Crippen LogP contribution in [0.3, 0.4) is 0 Å². The van der Waals surface area contributed by atoms with Crippen LogP contribution in [0.1, 0.15) is 69.4 Å². The first-order chi connectivity index (χ1) is 8.19. The molecule has 0 aliphatic heterocycles. The fourth-order valence-corrected chi connectivity index (χ4v) is 2.86. The van der Waals surface area contributed by atoms with Gasteiger partial charge in [0.1, 0.15) is 5.75 Å². The van der Waals surface area contributed by atoms with Crippen molar-refractivity contribution in [1.82, 2.24) is 0 Å². The highest BCUT2D eigenvalue weighted by Crippen LogP contribution is 2.46. The summed E-state index contributed by atoms with van der Waals surface area (Å²) in [7, 11) is 0. The molecule has 0 spiro atoms. The molecule has 1 heteroatoms. The van der Waals surface area contributed by atoms with Crippen LogP contribution in [0.5, 0.6) is 5.75 Å². The highest BCUT2D eigenvalue weighted by Gasteiger charge is 2.31. The van der Waals surface area contributed by atoms with Crippen molar-refractivity contribution < 1.29 is 5.11 Å². The van der Waals surface area contributed by atoms with Crippen LogP contribution >= 0.6 is 0 Å². The van der Waals surface area contributed by atoms with Gasteiger partial charge in [-0.1, -0.05) is 39.0 Å². The predicted molar refractivity (Wildman–Crippen MR) is 72.6 cm³/mol. The summed E-state index contributed by atoms with van der Waals surface area (Å²) in [6, 6.07) is 6.31. The van der Waals surface area contributed by atoms with Crippen LogP contribution in [-0.4, -0.2) is 5.11 Å². The number of aromatic hydroxyl groups is 1. The molecule has 94 valence electrons. The molecule has 0 heterocycles. The highest BCUT2D eigenvalue weighted by molar-refractivity contribution is 5.44. The molecule has 2 rings (SSSR count). The van der Waals surface area contributed by atoms with Crippen LogP contribution in [0.4, 0.5) is 0 Å². The minimum Gasteiger partial charge on any atom is -0.507 e. The van der Waals surface area contributed by atoms with Crippen LogP contribution in [0.25, 0.3) is 0 Å². The van der Waals surface area contributed by atoms with Gasteiger partial charge in [-0.3, -0.25) is 0 Å². The SMILES string of the molecule is CCC(CC)c1cccc([C@@H](C)C2CC2)c1O. The first-order valence-electron chi connectivity index (χ1n) is 7.00. The van der Waals surface area contributed by atoms with Crippen LogP contribution in [0, 0.1) is 5.92 Å². The van der Waals surface area contributed by atoms with Gasteiger partial charge in [0.2, 0.25) is 0 Å². The fraction of sp³-hybridized carbons (Fsp3) is 0.625. The molecule has 0 amide bonds. The van der Waals surface area contributed by atoms with Crippen LogP contribution in [0.2, 0.25) is 0 Å². The monoisotopic (exact) mass is 232 g/mol. The maximum atomic E-state index is 10.5. The third kappa shape index (κ3) is 2.48. The first-order valence-corrected chi connectivity index (χ1v) is 7.00. The lowest BCUT2D eigenvalue weighted by atomic mass is 9.87. The zero-order valence-corrected chi connectivity index (χ0v) is 11.2. The lowest BCUT2D eigenvalue weighted by molar-refractivity contribution is 0.442. The third-order valence-electron chi connectivity index (χ3n) is 4.34. The van der Waals surface area contributed by atoms with E-state index in [1.54, 1.807) is 0 Å². The molecule has 1 nitrogen and oxygen atoms in total. The van der Waals surface area contributed by atoms with Gasteiger partial charge in [-0.05, 0) is 54.6 Å². The third-order valence-corrected chi connectivity index (χ3v) is 4.34. The summed E-state index contributed by atoms with van der Waals surface area (Å²) in [4.78, 5) is 0. The van der Waals surface area contributed by atoms with E-state index in [4.69, 9.17) is 0 Å². The Kier molecular flexibility index (Phi) is 3.76. The van der Waals surface area contributed by atoms with Gasteiger partial charge in [0.05, 0.1) is 0 Å². The molecule has 1 aromatic carbocycles. The minimum atomic E-state index is 0.501. The lowest BCUT2D eigenvalue weighted by Crippen LogP contribution is -2.01. The van der Waals surface area contributed by atoms with Gasteiger partial charge in [0.15, 0.2) is 0 Å². The Morgan fingerprint density at radius 2 is 1.76 bits per heavy atom. The summed E-state index contributed by atoms with van der Waals surface area (Å²) in [6.07, 6.45) is 4.86. The van der Waals surface area contributed by atoms with Crippen molar-refractivity contribution in [3.8, 4) is 5.75 Å². The summed E-state index contributed by atoms with van der Waals surface area (Å²) >= 11 is 0. The number of phenols is 1. The van der Waals surface area contributed by atoms with E-state index in [0.29, 0.717) is 17.6 Å². The molecular weight excluding hydrogens is 208 g/mol. The normalized spacial score (nSPS) is 17.4. The van der Waals surface area contributed by atoms with E-state index in [1.165, 1.54) is 12.8 Å². The Morgan fingerprint density at radius 3 is 2.29 bits per heavy atom. The second kappa shape index (κ2) is 5.12. The van der Waals surface area contributed by atoms with Gasteiger partial charge in [-0.15, -0.1) is 0 Å². The zero-order valence-electron chi connectivity index (χ0n) is 11.2. The van der Waals surface area contributed by atoms with Crippen molar-refractivity contribution in [3.05, 3.63) is 29.3 Å². The fourth-order valence-electron chi connectivity index (χ4n) is 2.86. The van der Waals surface area contributed by atoms with E-state index in [1.807, 2.05) is 0 Å². The van der Waals surface area contributed by atoms with Gasteiger partial charge < -0.3 is 5.11 Å². The van der Waals surface area contributed by atoms with Gasteiger partial charge in [-0.25, -0.2) is 0 Å². The maximum Gasteiger partial charge on any atom is 0.122 e. The van der Waals surface area contributed by atoms with E-state index in [-0.39, 0.29) is 0 Å². The molecule has 1 atom stereocenters. The number of para-hydroxylation sites is 1. The lowest BCUT2D eigenvalue weighted by Gasteiger charge is -2.19. The Hall–Kier alpha value is -0.980. The Labute approximate surface area is 105 Å². The van der Waals surface area contributed by atoms with Gasteiger partial charge in [0.25, 0.3) is 0 Å². The number of benzene rings is 1. The zero-order chi connectivity index (χ0) is 12.4. The van der Waals surface area contributed by atoms with Crippen LogP contribution < -0.4 is 0 Å². The average molecular weight is 232 g/mol. The molecule has 0 radical (unpaired) electrons. The molecule has 1 aliphatic carbocycles. The number of phenolic OH excluding ortho intramolecular Hbond substituents is 1. The number of hydrogen-bond donors (Lipinski definition) is 1. The predicted octanol–water partition coefficient (Wildman–Crippen LogP) is 4.81. The number of hydrogen-bond acceptors (Lipinski definition) is 1. The molecular formula is C16H24O. The summed E-state index contributed by atoms with van der Waals surface area (Å²) in [5.41, 5.74) is 2.32. The molecule has 0 bridgehead atoms. The van der Waals surface area contributed by atoms with Crippen molar-refractivity contribution >= 4 is 0 Å². The topological polar surface area (TPSA) is 20.2 Å². The van der Waals surface area contributed by atoms with Gasteiger partial charge in [-0.2, -0.15) is 0 Å². The quantitative estimate of drug-likeness (QED) is 0.772. The van der Waals surface area contributed by atoms with Crippen molar-refractivity contribution in [2.75, 3.05) is 0 Å². The standard InChI is InChI=1S/C16H24O/c1-4-12(5-2)15-8-6-7-14(16(15)17)11(3)13-9-10-13/h6-8,11-13,17H,4-5,9-10H2,1-3H3/t11-/m0/s1. The summed E-state index contributed by atoms with van der Waals surface area (Å²) in [5, 5.41) is 10.5. The molecule has 0 unspecified atom stereocenters. The van der Waals surface area contributed by atoms with Gasteiger partial charge in [0, 0.05) is 0 Å². The second-order valence-corrected chi connectivity index (χ2v) is 5.42. The van der Waals surface area contributed by atoms with Crippen molar-refractivity contribution in [2.45, 2.75) is 58.3 Å². The second-order valence-electron chi connectivity index (χ2n) is 5.42. The molecule has 0 saturated heterocycles. The van der Waals surface area contributed by atoms with Crippen LogP contribution in [0.15, 0.2) is 18.2 Å². The van der Waals surface area contributed by atoms with Crippen molar-refractivity contribution in [1.29, 1.82) is 0 Å². The summed E-state index contributed by atoms with van der Waals surface area (Å²) in [6.45, 7) is 6.65. The van der Waals surface area contributed by atoms with Crippen LogP contribution in [-0.2, 0) is 0 Å². The molecule has 1 saturated carbocycles. The minimum absolute atomic E-state index is 0.501. The van der Waals surface area contributed by atoms with E-state index >= 15 is 0 Å². The van der Waals surface area contributed by atoms with E-state index in [9.17, 15) is 5.11 Å². The molecule has 1 N–H and O–H groups in total. The smallest absolute Gasteiger partial charge is 0.122 e. The van der Waals surface area contributed by atoms with Crippen molar-refractivity contribution in [3.63, 3.8) is 0 Å². The summed E-state index contributed by atoms with van der Waals surface area (Å²) in [5.74, 6) is 2.39. The Balaban J connectivity index is 2.31. The van der Waals surface area contributed by atoms with Crippen molar-refractivity contribution in [2.24, 2.45) is 5.92 Å². The summed E-state index contributed by atoms with van der Waals surface area (Å²) < 4.78 is 0. The number of rotatable bonds is 5. The maximum absolute atomic E-state index is 10.5. The van der Waals surface area contributed by atoms with E-state index in [2.05, 4.69) is 39.0 Å². The van der Waals surface area contributed by atoms with Gasteiger partial charge >= 0.3 is 0 Å².